The molecule has 1 unspecified atom stereocenters. The van der Waals surface area contributed by atoms with Crippen molar-refractivity contribution in [3.8, 4) is 5.75 Å². The first kappa shape index (κ1) is 14.9. The lowest BCUT2D eigenvalue weighted by atomic mass is 9.90. The summed E-state index contributed by atoms with van der Waals surface area (Å²) in [7, 11) is 0. The smallest absolute Gasteiger partial charge is 0.117 e. The van der Waals surface area contributed by atoms with E-state index in [1.165, 1.54) is 11.1 Å². The molecule has 22 heavy (non-hydrogen) atoms. The van der Waals surface area contributed by atoms with Gasteiger partial charge in [-0.25, -0.2) is 0 Å². The van der Waals surface area contributed by atoms with Gasteiger partial charge in [-0.3, -0.25) is 5.32 Å². The third kappa shape index (κ3) is 2.69. The van der Waals surface area contributed by atoms with Crippen LogP contribution in [-0.4, -0.2) is 17.2 Å². The van der Waals surface area contributed by atoms with Crippen molar-refractivity contribution in [2.45, 2.75) is 38.3 Å². The van der Waals surface area contributed by atoms with E-state index in [-0.39, 0.29) is 11.6 Å². The fraction of sp³-hybridized carbons (Fsp3) is 0.368. The molecule has 0 spiro atoms. The van der Waals surface area contributed by atoms with Crippen LogP contribution in [0.2, 0.25) is 0 Å². The average molecular weight is 296 g/mol. The van der Waals surface area contributed by atoms with Crippen molar-refractivity contribution in [3.63, 3.8) is 0 Å². The third-order valence-corrected chi connectivity index (χ3v) is 4.90. The molecule has 1 atom stereocenters. The number of hydrogen-bond donors (Lipinski definition) is 3. The SMILES string of the molecule is CCC1(CC)CNc2cc(O)ccc2C(c2ccccc2)N1. The van der Waals surface area contributed by atoms with E-state index >= 15 is 0 Å². The second-order valence-electron chi connectivity index (χ2n) is 6.10. The topological polar surface area (TPSA) is 44.3 Å². The minimum absolute atomic E-state index is 0.0507. The first-order valence-electron chi connectivity index (χ1n) is 8.07. The Morgan fingerprint density at radius 1 is 1.09 bits per heavy atom. The van der Waals surface area contributed by atoms with Gasteiger partial charge in [-0.05, 0) is 30.0 Å². The number of benzene rings is 2. The Labute approximate surface area is 132 Å². The van der Waals surface area contributed by atoms with Crippen LogP contribution in [0, 0.1) is 0 Å². The first-order valence-corrected chi connectivity index (χ1v) is 8.07. The van der Waals surface area contributed by atoms with Crippen LogP contribution in [0.5, 0.6) is 5.75 Å². The summed E-state index contributed by atoms with van der Waals surface area (Å²) in [5.41, 5.74) is 3.51. The summed E-state index contributed by atoms with van der Waals surface area (Å²) in [6.07, 6.45) is 2.11. The third-order valence-electron chi connectivity index (χ3n) is 4.90. The molecular formula is C19H24N2O. The minimum atomic E-state index is 0.0507. The molecular weight excluding hydrogens is 272 g/mol. The molecule has 3 rings (SSSR count). The van der Waals surface area contributed by atoms with Gasteiger partial charge < -0.3 is 10.4 Å². The van der Waals surface area contributed by atoms with Crippen molar-refractivity contribution in [2.75, 3.05) is 11.9 Å². The standard InChI is InChI=1S/C19H24N2O/c1-3-19(4-2)13-20-17-12-15(22)10-11-16(17)18(21-19)14-8-6-5-7-9-14/h5-12,18,20-22H,3-4,13H2,1-2H3. The Hall–Kier alpha value is -2.00. The zero-order valence-electron chi connectivity index (χ0n) is 13.3. The Morgan fingerprint density at radius 3 is 2.50 bits per heavy atom. The lowest BCUT2D eigenvalue weighted by molar-refractivity contribution is 0.301. The number of anilines is 1. The van der Waals surface area contributed by atoms with Gasteiger partial charge in [0.1, 0.15) is 5.75 Å². The highest BCUT2D eigenvalue weighted by atomic mass is 16.3. The number of fused-ring (bicyclic) bond motifs is 1. The van der Waals surface area contributed by atoms with Gasteiger partial charge in [-0.15, -0.1) is 0 Å². The lowest BCUT2D eigenvalue weighted by Gasteiger charge is -2.35. The van der Waals surface area contributed by atoms with Gasteiger partial charge in [0.15, 0.2) is 0 Å². The summed E-state index contributed by atoms with van der Waals surface area (Å²) >= 11 is 0. The van der Waals surface area contributed by atoms with Crippen LogP contribution in [0.25, 0.3) is 0 Å². The summed E-state index contributed by atoms with van der Waals surface area (Å²) in [4.78, 5) is 0. The second kappa shape index (κ2) is 6.01. The van der Waals surface area contributed by atoms with E-state index < -0.39 is 0 Å². The van der Waals surface area contributed by atoms with Gasteiger partial charge in [0.2, 0.25) is 0 Å². The highest BCUT2D eigenvalue weighted by Gasteiger charge is 2.34. The predicted octanol–water partition coefficient (Wildman–Crippen LogP) is 4.06. The van der Waals surface area contributed by atoms with Gasteiger partial charge in [-0.2, -0.15) is 0 Å². The van der Waals surface area contributed by atoms with Crippen molar-refractivity contribution in [1.82, 2.24) is 5.32 Å². The Kier molecular flexibility index (Phi) is 4.08. The van der Waals surface area contributed by atoms with Gasteiger partial charge in [0, 0.05) is 23.8 Å². The first-order chi connectivity index (χ1) is 10.7. The van der Waals surface area contributed by atoms with E-state index in [2.05, 4.69) is 48.7 Å². The van der Waals surface area contributed by atoms with Crippen molar-refractivity contribution < 1.29 is 5.11 Å². The van der Waals surface area contributed by atoms with Crippen molar-refractivity contribution in [3.05, 3.63) is 59.7 Å². The molecule has 0 fully saturated rings. The maximum Gasteiger partial charge on any atom is 0.117 e. The van der Waals surface area contributed by atoms with Crippen LogP contribution in [0.15, 0.2) is 48.5 Å². The monoisotopic (exact) mass is 296 g/mol. The normalized spacial score (nSPS) is 19.8. The molecule has 2 aromatic carbocycles. The van der Waals surface area contributed by atoms with Gasteiger partial charge in [0.05, 0.1) is 6.04 Å². The molecule has 116 valence electrons. The quantitative estimate of drug-likeness (QED) is 0.800. The predicted molar refractivity (Wildman–Crippen MR) is 91.3 cm³/mol. The summed E-state index contributed by atoms with van der Waals surface area (Å²) < 4.78 is 0. The molecule has 0 saturated carbocycles. The fourth-order valence-corrected chi connectivity index (χ4v) is 3.26. The highest BCUT2D eigenvalue weighted by Crippen LogP contribution is 2.36. The average Bonchev–Trinajstić information content (AvgIpc) is 2.73. The molecule has 0 radical (unpaired) electrons. The number of hydrogen-bond acceptors (Lipinski definition) is 3. The maximum absolute atomic E-state index is 9.82. The minimum Gasteiger partial charge on any atom is -0.508 e. The molecule has 3 heteroatoms. The van der Waals surface area contributed by atoms with Crippen molar-refractivity contribution in [1.29, 1.82) is 0 Å². The van der Waals surface area contributed by atoms with Gasteiger partial charge in [0.25, 0.3) is 0 Å². The van der Waals surface area contributed by atoms with Crippen LogP contribution < -0.4 is 10.6 Å². The fourth-order valence-electron chi connectivity index (χ4n) is 3.26. The maximum atomic E-state index is 9.82. The van der Waals surface area contributed by atoms with Crippen LogP contribution in [0.1, 0.15) is 43.9 Å². The molecule has 0 amide bonds. The van der Waals surface area contributed by atoms with Crippen molar-refractivity contribution >= 4 is 5.69 Å². The number of aromatic hydroxyl groups is 1. The van der Waals surface area contributed by atoms with E-state index in [4.69, 9.17) is 0 Å². The van der Waals surface area contributed by atoms with E-state index in [0.717, 1.165) is 25.1 Å². The molecule has 0 saturated heterocycles. The van der Waals surface area contributed by atoms with E-state index in [9.17, 15) is 5.11 Å². The molecule has 0 aliphatic carbocycles. The number of rotatable bonds is 3. The summed E-state index contributed by atoms with van der Waals surface area (Å²) in [6.45, 7) is 5.32. The van der Waals surface area contributed by atoms with E-state index in [1.54, 1.807) is 6.07 Å². The molecule has 1 heterocycles. The number of nitrogens with one attached hydrogen (secondary N) is 2. The van der Waals surface area contributed by atoms with Gasteiger partial charge >= 0.3 is 0 Å². The molecule has 3 N–H and O–H groups in total. The molecule has 0 bridgehead atoms. The zero-order chi connectivity index (χ0) is 15.6. The Balaban J connectivity index is 2.10. The molecule has 1 aliphatic heterocycles. The second-order valence-corrected chi connectivity index (χ2v) is 6.10. The highest BCUT2D eigenvalue weighted by molar-refractivity contribution is 5.59. The number of phenols is 1. The van der Waals surface area contributed by atoms with Crippen LogP contribution in [0.4, 0.5) is 5.69 Å². The van der Waals surface area contributed by atoms with E-state index in [1.807, 2.05) is 18.2 Å². The molecule has 1 aliphatic rings. The van der Waals surface area contributed by atoms with Crippen molar-refractivity contribution in [2.24, 2.45) is 0 Å². The van der Waals surface area contributed by atoms with Crippen LogP contribution >= 0.6 is 0 Å². The number of phenolic OH excluding ortho intramolecular Hbond substituents is 1. The van der Waals surface area contributed by atoms with E-state index in [0.29, 0.717) is 5.75 Å². The largest absolute Gasteiger partial charge is 0.508 e. The van der Waals surface area contributed by atoms with Gasteiger partial charge in [-0.1, -0.05) is 50.2 Å². The van der Waals surface area contributed by atoms with Crippen LogP contribution in [-0.2, 0) is 0 Å². The zero-order valence-corrected chi connectivity index (χ0v) is 13.3. The summed E-state index contributed by atoms with van der Waals surface area (Å²) in [5.74, 6) is 0.304. The summed E-state index contributed by atoms with van der Waals surface area (Å²) in [6, 6.07) is 16.3. The lowest BCUT2D eigenvalue weighted by Crippen LogP contribution is -2.49. The Bertz CT molecular complexity index is 635. The Morgan fingerprint density at radius 2 is 1.82 bits per heavy atom. The molecule has 0 aromatic heterocycles. The summed E-state index contributed by atoms with van der Waals surface area (Å²) in [5, 5.41) is 17.2. The molecule has 3 nitrogen and oxygen atoms in total. The molecule has 2 aromatic rings. The van der Waals surface area contributed by atoms with Crippen LogP contribution in [0.3, 0.4) is 0 Å².